The first kappa shape index (κ1) is 21.7. The highest BCUT2D eigenvalue weighted by atomic mass is 16.4. The van der Waals surface area contributed by atoms with E-state index in [2.05, 4.69) is 20.9 Å². The van der Waals surface area contributed by atoms with Gasteiger partial charge < -0.3 is 25.4 Å². The van der Waals surface area contributed by atoms with Crippen LogP contribution in [0, 0.1) is 5.92 Å². The summed E-state index contributed by atoms with van der Waals surface area (Å²) in [7, 11) is 3.17. The van der Waals surface area contributed by atoms with Gasteiger partial charge in [0.25, 0.3) is 11.8 Å². The zero-order chi connectivity index (χ0) is 22.7. The average Bonchev–Trinajstić information content (AvgIpc) is 3.49. The van der Waals surface area contributed by atoms with Gasteiger partial charge in [0.1, 0.15) is 17.5 Å². The molecule has 0 saturated heterocycles. The van der Waals surface area contributed by atoms with Crippen molar-refractivity contribution in [1.29, 1.82) is 0 Å². The van der Waals surface area contributed by atoms with Gasteiger partial charge in [-0.1, -0.05) is 31.4 Å². The first-order valence-corrected chi connectivity index (χ1v) is 11.0. The molecule has 4 N–H and O–H groups in total. The number of furan rings is 1. The van der Waals surface area contributed by atoms with Crippen LogP contribution in [0.3, 0.4) is 0 Å². The van der Waals surface area contributed by atoms with Crippen molar-refractivity contribution in [2.45, 2.75) is 38.1 Å². The van der Waals surface area contributed by atoms with Crippen LogP contribution in [0.2, 0.25) is 0 Å². The molecule has 2 heterocycles. The molecule has 1 aromatic carbocycles. The van der Waals surface area contributed by atoms with Gasteiger partial charge in [-0.05, 0) is 43.0 Å². The molecule has 4 rings (SSSR count). The van der Waals surface area contributed by atoms with Crippen molar-refractivity contribution in [2.75, 3.05) is 14.1 Å². The molecule has 2 aromatic heterocycles. The summed E-state index contributed by atoms with van der Waals surface area (Å²) < 4.78 is 5.82. The van der Waals surface area contributed by atoms with E-state index in [1.807, 2.05) is 18.2 Å². The van der Waals surface area contributed by atoms with E-state index in [1.54, 1.807) is 32.3 Å². The van der Waals surface area contributed by atoms with Crippen LogP contribution < -0.4 is 16.0 Å². The monoisotopic (exact) mass is 436 g/mol. The van der Waals surface area contributed by atoms with Crippen molar-refractivity contribution < 1.29 is 18.8 Å². The molecule has 1 aliphatic rings. The Bertz CT molecular complexity index is 1140. The Kier molecular flexibility index (Phi) is 6.30. The average molecular weight is 437 g/mol. The topological polar surface area (TPSA) is 116 Å². The molecule has 0 bridgehead atoms. The summed E-state index contributed by atoms with van der Waals surface area (Å²) in [4.78, 5) is 40.2. The van der Waals surface area contributed by atoms with Gasteiger partial charge in [0.05, 0.1) is 0 Å². The van der Waals surface area contributed by atoms with Crippen LogP contribution in [-0.4, -0.2) is 42.8 Å². The van der Waals surface area contributed by atoms with Crippen LogP contribution in [-0.2, 0) is 4.79 Å². The smallest absolute Gasteiger partial charge is 0.287 e. The lowest BCUT2D eigenvalue weighted by Crippen LogP contribution is -2.50. The number of benzene rings is 1. The first-order chi connectivity index (χ1) is 15.5. The maximum Gasteiger partial charge on any atom is 0.287 e. The van der Waals surface area contributed by atoms with E-state index in [4.69, 9.17) is 4.42 Å². The summed E-state index contributed by atoms with van der Waals surface area (Å²) in [6, 6.07) is 10.2. The van der Waals surface area contributed by atoms with Crippen LogP contribution in [0.15, 0.2) is 40.8 Å². The number of nitrogens with one attached hydrogen (secondary N) is 4. The largest absolute Gasteiger partial charge is 0.451 e. The van der Waals surface area contributed by atoms with Gasteiger partial charge in [-0.3, -0.25) is 14.4 Å². The number of H-pyrrole nitrogens is 1. The molecule has 0 aliphatic heterocycles. The van der Waals surface area contributed by atoms with Crippen LogP contribution in [0.4, 0.5) is 0 Å². The lowest BCUT2D eigenvalue weighted by atomic mass is 9.83. The molecule has 1 fully saturated rings. The van der Waals surface area contributed by atoms with Crippen LogP contribution in [0.1, 0.15) is 53.1 Å². The molecule has 0 unspecified atom stereocenters. The Morgan fingerprint density at radius 2 is 1.75 bits per heavy atom. The van der Waals surface area contributed by atoms with Gasteiger partial charge in [-0.2, -0.15) is 0 Å². The summed E-state index contributed by atoms with van der Waals surface area (Å²) in [6.45, 7) is 0. The van der Waals surface area contributed by atoms with E-state index in [-0.39, 0.29) is 23.5 Å². The predicted molar refractivity (Wildman–Crippen MR) is 121 cm³/mol. The van der Waals surface area contributed by atoms with Gasteiger partial charge >= 0.3 is 0 Å². The third-order valence-corrected chi connectivity index (χ3v) is 6.15. The van der Waals surface area contributed by atoms with Crippen molar-refractivity contribution >= 4 is 28.6 Å². The number of carbonyl (C=O) groups excluding carboxylic acids is 3. The van der Waals surface area contributed by atoms with E-state index in [1.165, 1.54) is 6.42 Å². The maximum atomic E-state index is 12.9. The number of rotatable bonds is 6. The summed E-state index contributed by atoms with van der Waals surface area (Å²) >= 11 is 0. The number of amides is 3. The SMILES string of the molecule is CNC(=O)c1cc2ccc(-c3ccc(C(=O)N[C@H](C(=O)NC)C4CCCCC4)o3)cc2[nH]1. The zero-order valence-electron chi connectivity index (χ0n) is 18.3. The molecule has 1 atom stereocenters. The number of aromatic nitrogens is 1. The molecule has 1 saturated carbocycles. The lowest BCUT2D eigenvalue weighted by molar-refractivity contribution is -0.124. The summed E-state index contributed by atoms with van der Waals surface area (Å²) in [6.07, 6.45) is 5.16. The molecule has 3 amide bonds. The van der Waals surface area contributed by atoms with Crippen molar-refractivity contribution in [1.82, 2.24) is 20.9 Å². The second kappa shape index (κ2) is 9.30. The molecular formula is C24H28N4O4. The third-order valence-electron chi connectivity index (χ3n) is 6.15. The number of fused-ring (bicyclic) bond motifs is 1. The number of likely N-dealkylation sites (N-methyl/N-ethyl adjacent to an activating group) is 1. The molecule has 8 heteroatoms. The lowest BCUT2D eigenvalue weighted by Gasteiger charge is -2.29. The number of hydrogen-bond donors (Lipinski definition) is 4. The molecule has 8 nitrogen and oxygen atoms in total. The Morgan fingerprint density at radius 3 is 2.47 bits per heavy atom. The maximum absolute atomic E-state index is 12.9. The summed E-state index contributed by atoms with van der Waals surface area (Å²) in [5.41, 5.74) is 2.04. The summed E-state index contributed by atoms with van der Waals surface area (Å²) in [5.74, 6) is 0.0410. The molecule has 32 heavy (non-hydrogen) atoms. The third kappa shape index (κ3) is 4.39. The molecule has 168 valence electrons. The minimum absolute atomic E-state index is 0.131. The van der Waals surface area contributed by atoms with E-state index in [0.717, 1.165) is 42.1 Å². The quantitative estimate of drug-likeness (QED) is 0.475. The molecule has 3 aromatic rings. The predicted octanol–water partition coefficient (Wildman–Crippen LogP) is 3.21. The molecule has 0 radical (unpaired) electrons. The Hall–Kier alpha value is -3.55. The van der Waals surface area contributed by atoms with E-state index in [9.17, 15) is 14.4 Å². The van der Waals surface area contributed by atoms with Crippen LogP contribution >= 0.6 is 0 Å². The highest BCUT2D eigenvalue weighted by Gasteiger charge is 2.31. The van der Waals surface area contributed by atoms with Gasteiger partial charge in [-0.25, -0.2) is 0 Å². The van der Waals surface area contributed by atoms with Gasteiger partial charge in [0, 0.05) is 30.6 Å². The molecule has 1 aliphatic carbocycles. The van der Waals surface area contributed by atoms with Gasteiger partial charge in [0.15, 0.2) is 5.76 Å². The van der Waals surface area contributed by atoms with Gasteiger partial charge in [-0.15, -0.1) is 0 Å². The van der Waals surface area contributed by atoms with Crippen molar-refractivity contribution in [3.8, 4) is 11.3 Å². The fourth-order valence-corrected chi connectivity index (χ4v) is 4.39. The Balaban J connectivity index is 1.52. The van der Waals surface area contributed by atoms with Crippen molar-refractivity contribution in [3.63, 3.8) is 0 Å². The number of aromatic amines is 1. The standard InChI is InChI=1S/C24H28N4O4/c1-25-22(29)18-12-15-8-9-16(13-17(15)27-18)19-10-11-20(32-19)23(30)28-21(24(31)26-2)14-6-4-3-5-7-14/h8-14,21,27H,3-7H2,1-2H3,(H,25,29)(H,26,31)(H,28,30)/t21-/m0/s1. The van der Waals surface area contributed by atoms with E-state index >= 15 is 0 Å². The van der Waals surface area contributed by atoms with Gasteiger partial charge in [0.2, 0.25) is 5.91 Å². The molecular weight excluding hydrogens is 408 g/mol. The Labute approximate surface area is 186 Å². The number of hydrogen-bond acceptors (Lipinski definition) is 4. The van der Waals surface area contributed by atoms with Crippen molar-refractivity contribution in [2.24, 2.45) is 5.92 Å². The zero-order valence-corrected chi connectivity index (χ0v) is 18.3. The minimum atomic E-state index is -0.570. The number of carbonyl (C=O) groups is 3. The summed E-state index contributed by atoms with van der Waals surface area (Å²) in [5, 5.41) is 9.03. The van der Waals surface area contributed by atoms with Crippen LogP contribution in [0.5, 0.6) is 0 Å². The second-order valence-electron chi connectivity index (χ2n) is 8.19. The highest BCUT2D eigenvalue weighted by Crippen LogP contribution is 2.28. The highest BCUT2D eigenvalue weighted by molar-refractivity contribution is 5.99. The second-order valence-corrected chi connectivity index (χ2v) is 8.19. The molecule has 0 spiro atoms. The normalized spacial score (nSPS) is 15.3. The minimum Gasteiger partial charge on any atom is -0.451 e. The van der Waals surface area contributed by atoms with E-state index < -0.39 is 11.9 Å². The van der Waals surface area contributed by atoms with Crippen LogP contribution in [0.25, 0.3) is 22.2 Å². The fraction of sp³-hybridized carbons (Fsp3) is 0.375. The fourth-order valence-electron chi connectivity index (χ4n) is 4.39. The van der Waals surface area contributed by atoms with Crippen molar-refractivity contribution in [3.05, 3.63) is 47.9 Å². The Morgan fingerprint density at radius 1 is 0.969 bits per heavy atom. The first-order valence-electron chi connectivity index (χ1n) is 11.0. The van der Waals surface area contributed by atoms with E-state index in [0.29, 0.717) is 11.5 Å².